The fourth-order valence-electron chi connectivity index (χ4n) is 1.17. The molecule has 0 aliphatic carbocycles. The molecular formula is C14H19NO. The van der Waals surface area contributed by atoms with Gasteiger partial charge < -0.3 is 10.5 Å². The zero-order chi connectivity index (χ0) is 11.8. The van der Waals surface area contributed by atoms with Crippen LogP contribution in [0.3, 0.4) is 0 Å². The molecule has 0 spiro atoms. The summed E-state index contributed by atoms with van der Waals surface area (Å²) in [6.07, 6.45) is 1.13. The third kappa shape index (κ3) is 4.37. The van der Waals surface area contributed by atoms with Crippen LogP contribution in [-0.2, 0) is 0 Å². The van der Waals surface area contributed by atoms with E-state index in [9.17, 15) is 0 Å². The number of benzene rings is 1. The average Bonchev–Trinajstić information content (AvgIpc) is 2.34. The predicted octanol–water partition coefficient (Wildman–Crippen LogP) is 2.42. The quantitative estimate of drug-likeness (QED) is 0.786. The van der Waals surface area contributed by atoms with E-state index in [4.69, 9.17) is 10.5 Å². The molecule has 1 unspecified atom stereocenters. The Morgan fingerprint density at radius 1 is 1.44 bits per heavy atom. The van der Waals surface area contributed by atoms with Gasteiger partial charge in [-0.2, -0.15) is 0 Å². The summed E-state index contributed by atoms with van der Waals surface area (Å²) in [5.41, 5.74) is 6.28. The maximum atomic E-state index is 5.68. The van der Waals surface area contributed by atoms with Crippen molar-refractivity contribution in [1.29, 1.82) is 0 Å². The van der Waals surface area contributed by atoms with E-state index < -0.39 is 0 Å². The lowest BCUT2D eigenvalue weighted by Gasteiger charge is -2.10. The fourth-order valence-corrected chi connectivity index (χ4v) is 1.17. The first-order valence-electron chi connectivity index (χ1n) is 5.68. The summed E-state index contributed by atoms with van der Waals surface area (Å²) in [4.78, 5) is 0. The smallest absolute Gasteiger partial charge is 0.120 e. The van der Waals surface area contributed by atoms with E-state index in [1.54, 1.807) is 0 Å². The van der Waals surface area contributed by atoms with Gasteiger partial charge in [0.2, 0.25) is 0 Å². The number of ether oxygens (including phenoxy) is 1. The summed E-state index contributed by atoms with van der Waals surface area (Å²) in [7, 11) is 0. The highest BCUT2D eigenvalue weighted by Crippen LogP contribution is 2.14. The van der Waals surface area contributed by atoms with Gasteiger partial charge in [-0.3, -0.25) is 0 Å². The average molecular weight is 217 g/mol. The molecule has 2 nitrogen and oxygen atoms in total. The van der Waals surface area contributed by atoms with Gasteiger partial charge >= 0.3 is 0 Å². The van der Waals surface area contributed by atoms with Crippen LogP contribution in [0, 0.1) is 17.8 Å². The molecule has 1 atom stereocenters. The van der Waals surface area contributed by atoms with E-state index in [2.05, 4.69) is 25.7 Å². The van der Waals surface area contributed by atoms with Crippen molar-refractivity contribution in [2.24, 2.45) is 11.7 Å². The van der Waals surface area contributed by atoms with Gasteiger partial charge in [0.15, 0.2) is 0 Å². The van der Waals surface area contributed by atoms with Crippen LogP contribution >= 0.6 is 0 Å². The van der Waals surface area contributed by atoms with Gasteiger partial charge in [-0.05, 0) is 24.1 Å². The fraction of sp³-hybridized carbons (Fsp3) is 0.429. The molecular weight excluding hydrogens is 198 g/mol. The maximum Gasteiger partial charge on any atom is 0.120 e. The first-order valence-corrected chi connectivity index (χ1v) is 5.68. The van der Waals surface area contributed by atoms with E-state index >= 15 is 0 Å². The zero-order valence-corrected chi connectivity index (χ0v) is 9.99. The van der Waals surface area contributed by atoms with Crippen molar-refractivity contribution in [3.05, 3.63) is 29.8 Å². The van der Waals surface area contributed by atoms with Crippen LogP contribution in [0.25, 0.3) is 0 Å². The molecule has 1 rings (SSSR count). The number of hydrogen-bond acceptors (Lipinski definition) is 2. The Labute approximate surface area is 97.8 Å². The summed E-state index contributed by atoms with van der Waals surface area (Å²) in [5, 5.41) is 0. The van der Waals surface area contributed by atoms with Gasteiger partial charge in [0.25, 0.3) is 0 Å². The minimum Gasteiger partial charge on any atom is -0.493 e. The van der Waals surface area contributed by atoms with Crippen molar-refractivity contribution in [3.63, 3.8) is 0 Å². The highest BCUT2D eigenvalue weighted by molar-refractivity contribution is 5.39. The lowest BCUT2D eigenvalue weighted by molar-refractivity contribution is 0.256. The monoisotopic (exact) mass is 217 g/mol. The first-order chi connectivity index (χ1) is 7.76. The first kappa shape index (κ1) is 12.6. The Morgan fingerprint density at radius 3 is 2.94 bits per heavy atom. The second-order valence-electron chi connectivity index (χ2n) is 3.86. The molecule has 0 saturated heterocycles. The molecule has 86 valence electrons. The molecule has 0 radical (unpaired) electrons. The van der Waals surface area contributed by atoms with Crippen LogP contribution < -0.4 is 10.5 Å². The van der Waals surface area contributed by atoms with Crippen LogP contribution in [0.15, 0.2) is 24.3 Å². The van der Waals surface area contributed by atoms with Crippen molar-refractivity contribution < 1.29 is 4.74 Å². The SMILES string of the molecule is CCC(C)COc1cccc(C#CCN)c1. The molecule has 1 aromatic carbocycles. The second kappa shape index (κ2) is 6.92. The lowest BCUT2D eigenvalue weighted by atomic mass is 10.1. The van der Waals surface area contributed by atoms with Crippen molar-refractivity contribution >= 4 is 0 Å². The summed E-state index contributed by atoms with van der Waals surface area (Å²) < 4.78 is 5.68. The van der Waals surface area contributed by atoms with Gasteiger partial charge in [0, 0.05) is 5.56 Å². The molecule has 2 heteroatoms. The van der Waals surface area contributed by atoms with Gasteiger partial charge in [-0.1, -0.05) is 38.2 Å². The molecule has 16 heavy (non-hydrogen) atoms. The second-order valence-corrected chi connectivity index (χ2v) is 3.86. The standard InChI is InChI=1S/C14H19NO/c1-3-12(2)11-16-14-8-4-6-13(10-14)7-5-9-15/h4,6,8,10,12H,3,9,11,15H2,1-2H3. The normalized spacial score (nSPS) is 11.4. The van der Waals surface area contributed by atoms with Gasteiger partial charge in [0.05, 0.1) is 13.2 Å². The largest absolute Gasteiger partial charge is 0.493 e. The van der Waals surface area contributed by atoms with E-state index in [0.29, 0.717) is 12.5 Å². The Morgan fingerprint density at radius 2 is 2.25 bits per heavy atom. The van der Waals surface area contributed by atoms with Gasteiger partial charge in [-0.25, -0.2) is 0 Å². The van der Waals surface area contributed by atoms with Crippen molar-refractivity contribution in [2.75, 3.05) is 13.2 Å². The van der Waals surface area contributed by atoms with Crippen LogP contribution in [0.4, 0.5) is 0 Å². The summed E-state index contributed by atoms with van der Waals surface area (Å²) in [6, 6.07) is 7.81. The molecule has 0 bridgehead atoms. The highest BCUT2D eigenvalue weighted by Gasteiger charge is 2.00. The molecule has 0 fully saturated rings. The summed E-state index contributed by atoms with van der Waals surface area (Å²) >= 11 is 0. The molecule has 0 heterocycles. The molecule has 0 saturated carbocycles. The molecule has 2 N–H and O–H groups in total. The minimum absolute atomic E-state index is 0.387. The van der Waals surface area contributed by atoms with Crippen LogP contribution in [-0.4, -0.2) is 13.2 Å². The van der Waals surface area contributed by atoms with E-state index in [1.165, 1.54) is 0 Å². The van der Waals surface area contributed by atoms with Crippen LogP contribution in [0.2, 0.25) is 0 Å². The topological polar surface area (TPSA) is 35.2 Å². The van der Waals surface area contributed by atoms with Gasteiger partial charge in [-0.15, -0.1) is 0 Å². The molecule has 1 aromatic rings. The third-order valence-electron chi connectivity index (χ3n) is 2.40. The third-order valence-corrected chi connectivity index (χ3v) is 2.40. The maximum absolute atomic E-state index is 5.68. The predicted molar refractivity (Wildman–Crippen MR) is 67.3 cm³/mol. The lowest BCUT2D eigenvalue weighted by Crippen LogP contribution is -2.07. The Balaban J connectivity index is 2.60. The number of rotatable bonds is 4. The minimum atomic E-state index is 0.387. The van der Waals surface area contributed by atoms with Crippen LogP contribution in [0.1, 0.15) is 25.8 Å². The van der Waals surface area contributed by atoms with Gasteiger partial charge in [0.1, 0.15) is 5.75 Å². The molecule has 0 amide bonds. The van der Waals surface area contributed by atoms with Crippen molar-refractivity contribution in [1.82, 2.24) is 0 Å². The molecule has 0 aliphatic heterocycles. The van der Waals surface area contributed by atoms with Crippen molar-refractivity contribution in [2.45, 2.75) is 20.3 Å². The van der Waals surface area contributed by atoms with E-state index in [-0.39, 0.29) is 0 Å². The van der Waals surface area contributed by atoms with E-state index in [0.717, 1.165) is 24.3 Å². The highest BCUT2D eigenvalue weighted by atomic mass is 16.5. The van der Waals surface area contributed by atoms with E-state index in [1.807, 2.05) is 24.3 Å². The zero-order valence-electron chi connectivity index (χ0n) is 9.99. The Bertz CT molecular complexity index is 376. The Hall–Kier alpha value is -1.46. The molecule has 0 aliphatic rings. The van der Waals surface area contributed by atoms with Crippen molar-refractivity contribution in [3.8, 4) is 17.6 Å². The summed E-state index contributed by atoms with van der Waals surface area (Å²) in [5.74, 6) is 7.28. The summed E-state index contributed by atoms with van der Waals surface area (Å²) in [6.45, 7) is 5.48. The number of nitrogens with two attached hydrogens (primary N) is 1. The molecule has 0 aromatic heterocycles. The number of hydrogen-bond donors (Lipinski definition) is 1. The Kier molecular flexibility index (Phi) is 5.45. The van der Waals surface area contributed by atoms with Crippen LogP contribution in [0.5, 0.6) is 5.75 Å².